The summed E-state index contributed by atoms with van der Waals surface area (Å²) in [5.74, 6) is 0.620. The summed E-state index contributed by atoms with van der Waals surface area (Å²) >= 11 is 0. The minimum atomic E-state index is -0.243. The predicted molar refractivity (Wildman–Crippen MR) is 79.8 cm³/mol. The molecule has 108 valence electrons. The zero-order valence-electron chi connectivity index (χ0n) is 11.7. The van der Waals surface area contributed by atoms with Gasteiger partial charge in [0.1, 0.15) is 5.82 Å². The Hall–Kier alpha value is -1.94. The van der Waals surface area contributed by atoms with Crippen molar-refractivity contribution in [3.63, 3.8) is 0 Å². The van der Waals surface area contributed by atoms with Crippen LogP contribution in [0.2, 0.25) is 0 Å². The van der Waals surface area contributed by atoms with Crippen molar-refractivity contribution >= 4 is 0 Å². The van der Waals surface area contributed by atoms with Gasteiger partial charge < -0.3 is 9.88 Å². The van der Waals surface area contributed by atoms with Gasteiger partial charge in [-0.15, -0.1) is 0 Å². The molecule has 0 amide bonds. The summed E-state index contributed by atoms with van der Waals surface area (Å²) in [5, 5.41) is 3.45. The maximum Gasteiger partial charge on any atom is 0.250 e. The number of fused-ring (bicyclic) bond motifs is 4. The molecule has 3 nitrogen and oxygen atoms in total. The lowest BCUT2D eigenvalue weighted by molar-refractivity contribution is 0.258. The number of nitrogens with zero attached hydrogens (tertiary/aromatic N) is 1. The first kappa shape index (κ1) is 12.8. The molecule has 2 aromatic rings. The summed E-state index contributed by atoms with van der Waals surface area (Å²) in [6.45, 7) is 2.63. The van der Waals surface area contributed by atoms with E-state index in [1.165, 1.54) is 6.07 Å². The molecule has 21 heavy (non-hydrogen) atoms. The van der Waals surface area contributed by atoms with Gasteiger partial charge in [0.25, 0.3) is 5.56 Å². The minimum Gasteiger partial charge on any atom is -0.316 e. The van der Waals surface area contributed by atoms with Crippen LogP contribution in [-0.2, 0) is 6.54 Å². The summed E-state index contributed by atoms with van der Waals surface area (Å²) < 4.78 is 15.4. The molecule has 4 heteroatoms. The Labute approximate surface area is 122 Å². The molecule has 4 rings (SSSR count). The highest BCUT2D eigenvalue weighted by atomic mass is 19.1. The molecule has 2 atom stereocenters. The average Bonchev–Trinajstić information content (AvgIpc) is 2.49. The molecule has 1 saturated heterocycles. The number of benzene rings is 1. The number of rotatable bonds is 1. The van der Waals surface area contributed by atoms with Gasteiger partial charge >= 0.3 is 0 Å². The highest BCUT2D eigenvalue weighted by Gasteiger charge is 2.32. The second-order valence-corrected chi connectivity index (χ2v) is 6.05. The fourth-order valence-electron chi connectivity index (χ4n) is 3.76. The van der Waals surface area contributed by atoms with Crippen LogP contribution < -0.4 is 10.9 Å². The van der Waals surface area contributed by atoms with Crippen LogP contribution >= 0.6 is 0 Å². The number of hydrogen-bond donors (Lipinski definition) is 1. The molecule has 2 aliphatic rings. The number of hydrogen-bond acceptors (Lipinski definition) is 2. The summed E-state index contributed by atoms with van der Waals surface area (Å²) in [4.78, 5) is 12.2. The van der Waals surface area contributed by atoms with Crippen molar-refractivity contribution in [3.8, 4) is 11.1 Å². The van der Waals surface area contributed by atoms with Crippen LogP contribution in [0.25, 0.3) is 11.1 Å². The Morgan fingerprint density at radius 2 is 2.10 bits per heavy atom. The van der Waals surface area contributed by atoms with Crippen LogP contribution in [0.4, 0.5) is 4.39 Å². The molecule has 3 heterocycles. The van der Waals surface area contributed by atoms with E-state index < -0.39 is 0 Å². The van der Waals surface area contributed by atoms with E-state index in [2.05, 4.69) is 5.32 Å². The van der Waals surface area contributed by atoms with Gasteiger partial charge in [0.15, 0.2) is 0 Å². The van der Waals surface area contributed by atoms with E-state index in [4.69, 9.17) is 0 Å². The first-order valence-electron chi connectivity index (χ1n) is 7.43. The maximum atomic E-state index is 13.5. The van der Waals surface area contributed by atoms with E-state index in [0.717, 1.165) is 42.9 Å². The molecule has 2 aliphatic heterocycles. The smallest absolute Gasteiger partial charge is 0.250 e. The number of nitrogens with one attached hydrogen (secondary N) is 1. The fraction of sp³-hybridized carbons (Fsp3) is 0.353. The van der Waals surface area contributed by atoms with E-state index in [1.54, 1.807) is 18.2 Å². The van der Waals surface area contributed by atoms with Crippen LogP contribution in [0.1, 0.15) is 18.0 Å². The van der Waals surface area contributed by atoms with E-state index in [9.17, 15) is 9.18 Å². The number of aromatic nitrogens is 1. The van der Waals surface area contributed by atoms with Gasteiger partial charge in [0, 0.05) is 36.3 Å². The van der Waals surface area contributed by atoms with Crippen molar-refractivity contribution in [2.75, 3.05) is 13.1 Å². The Morgan fingerprint density at radius 3 is 2.95 bits per heavy atom. The van der Waals surface area contributed by atoms with Crippen molar-refractivity contribution in [1.29, 1.82) is 0 Å². The topological polar surface area (TPSA) is 34.0 Å². The predicted octanol–water partition coefficient (Wildman–Crippen LogP) is 2.36. The number of halogens is 1. The van der Waals surface area contributed by atoms with E-state index in [-0.39, 0.29) is 11.4 Å². The zero-order chi connectivity index (χ0) is 14.4. The van der Waals surface area contributed by atoms with Crippen LogP contribution in [0.3, 0.4) is 0 Å². The van der Waals surface area contributed by atoms with E-state index in [0.29, 0.717) is 11.8 Å². The molecule has 0 spiro atoms. The van der Waals surface area contributed by atoms with Gasteiger partial charge in [-0.25, -0.2) is 4.39 Å². The highest BCUT2D eigenvalue weighted by Crippen LogP contribution is 2.37. The lowest BCUT2D eigenvalue weighted by atomic mass is 9.81. The van der Waals surface area contributed by atoms with E-state index in [1.807, 2.05) is 16.7 Å². The molecule has 2 unspecified atom stereocenters. The van der Waals surface area contributed by atoms with Crippen molar-refractivity contribution in [2.24, 2.45) is 5.92 Å². The van der Waals surface area contributed by atoms with Crippen molar-refractivity contribution in [2.45, 2.75) is 18.9 Å². The quantitative estimate of drug-likeness (QED) is 0.872. The molecule has 0 aliphatic carbocycles. The third kappa shape index (κ3) is 2.10. The van der Waals surface area contributed by atoms with Crippen LogP contribution in [0.5, 0.6) is 0 Å². The van der Waals surface area contributed by atoms with Gasteiger partial charge in [-0.1, -0.05) is 12.1 Å². The first-order chi connectivity index (χ1) is 10.2. The van der Waals surface area contributed by atoms with Gasteiger partial charge in [-0.05, 0) is 42.6 Å². The molecular weight excluding hydrogens is 267 g/mol. The Balaban J connectivity index is 1.94. The lowest BCUT2D eigenvalue weighted by Crippen LogP contribution is -2.45. The summed E-state index contributed by atoms with van der Waals surface area (Å²) in [7, 11) is 0. The third-order valence-electron chi connectivity index (χ3n) is 4.63. The Bertz CT molecular complexity index is 753. The van der Waals surface area contributed by atoms with E-state index >= 15 is 0 Å². The SMILES string of the molecule is O=c1ccc(-c2cccc(F)c2)c2n1CC1CNCC2C1. The maximum absolute atomic E-state index is 13.5. The largest absolute Gasteiger partial charge is 0.316 e. The average molecular weight is 284 g/mol. The van der Waals surface area contributed by atoms with Gasteiger partial charge in [0.2, 0.25) is 0 Å². The zero-order valence-corrected chi connectivity index (χ0v) is 11.7. The standard InChI is InChI=1S/C17H17FN2O/c18-14-3-1-2-12(7-14)15-4-5-16(21)20-10-11-6-13(17(15)20)9-19-8-11/h1-5,7,11,13,19H,6,8-10H2. The number of pyridine rings is 1. The summed E-state index contributed by atoms with van der Waals surface area (Å²) in [6, 6.07) is 10.1. The second-order valence-electron chi connectivity index (χ2n) is 6.05. The second kappa shape index (κ2) is 4.81. The number of piperidine rings is 1. The van der Waals surface area contributed by atoms with Gasteiger partial charge in [-0.3, -0.25) is 4.79 Å². The highest BCUT2D eigenvalue weighted by molar-refractivity contribution is 5.67. The Kier molecular flexibility index (Phi) is 2.93. The molecular formula is C17H17FN2O. The molecule has 1 aromatic heterocycles. The molecule has 1 aromatic carbocycles. The molecule has 1 fully saturated rings. The monoisotopic (exact) mass is 284 g/mol. The molecule has 2 bridgehead atoms. The summed E-state index contributed by atoms with van der Waals surface area (Å²) in [6.07, 6.45) is 1.11. The van der Waals surface area contributed by atoms with Crippen molar-refractivity contribution in [3.05, 3.63) is 58.3 Å². The Morgan fingerprint density at radius 1 is 1.19 bits per heavy atom. The van der Waals surface area contributed by atoms with Crippen LogP contribution in [-0.4, -0.2) is 17.7 Å². The normalized spacial score (nSPS) is 23.7. The van der Waals surface area contributed by atoms with Gasteiger partial charge in [0.05, 0.1) is 0 Å². The van der Waals surface area contributed by atoms with Crippen molar-refractivity contribution < 1.29 is 4.39 Å². The van der Waals surface area contributed by atoms with Gasteiger partial charge in [-0.2, -0.15) is 0 Å². The minimum absolute atomic E-state index is 0.0572. The molecule has 0 saturated carbocycles. The lowest BCUT2D eigenvalue weighted by Gasteiger charge is -2.38. The van der Waals surface area contributed by atoms with Crippen LogP contribution in [0, 0.1) is 11.7 Å². The fourth-order valence-corrected chi connectivity index (χ4v) is 3.76. The van der Waals surface area contributed by atoms with Crippen molar-refractivity contribution in [1.82, 2.24) is 9.88 Å². The third-order valence-corrected chi connectivity index (χ3v) is 4.63. The molecule has 0 radical (unpaired) electrons. The van der Waals surface area contributed by atoms with Crippen LogP contribution in [0.15, 0.2) is 41.2 Å². The molecule has 1 N–H and O–H groups in total. The first-order valence-corrected chi connectivity index (χ1v) is 7.43. The summed E-state index contributed by atoms with van der Waals surface area (Å²) in [5.41, 5.74) is 2.96.